The lowest BCUT2D eigenvalue weighted by molar-refractivity contribution is -0.119. The van der Waals surface area contributed by atoms with Gasteiger partial charge in [0, 0.05) is 12.1 Å². The average Bonchev–Trinajstić information content (AvgIpc) is 3.29. The molecular formula is C25H25N5O4S. The standard InChI is InChI=1S/C25H25N5O4S/c1-16-7-6-8-17(2)23(16)29-35(33,34)20-13-11-18(12-14-20)27-25(32)21-15-22(24(26)31)30(28-21)19-9-4-3-5-10-19/h3-14,22,29H,15H2,1-2H3,(H2,26,31)(H,27,32). The van der Waals surface area contributed by atoms with Gasteiger partial charge in [-0.3, -0.25) is 19.3 Å². The van der Waals surface area contributed by atoms with Crippen molar-refractivity contribution < 1.29 is 18.0 Å². The van der Waals surface area contributed by atoms with Crippen molar-refractivity contribution in [1.29, 1.82) is 0 Å². The van der Waals surface area contributed by atoms with Gasteiger partial charge in [0.25, 0.3) is 15.9 Å². The summed E-state index contributed by atoms with van der Waals surface area (Å²) in [6.45, 7) is 3.66. The first-order chi connectivity index (χ1) is 16.7. The number of nitrogens with zero attached hydrogens (tertiary/aromatic N) is 2. The van der Waals surface area contributed by atoms with E-state index in [0.717, 1.165) is 11.1 Å². The minimum atomic E-state index is -3.82. The molecule has 0 saturated carbocycles. The predicted molar refractivity (Wildman–Crippen MR) is 136 cm³/mol. The normalized spacial score (nSPS) is 15.4. The van der Waals surface area contributed by atoms with Crippen molar-refractivity contribution in [2.75, 3.05) is 15.0 Å². The van der Waals surface area contributed by atoms with Gasteiger partial charge in [0.1, 0.15) is 11.8 Å². The molecule has 1 unspecified atom stereocenters. The summed E-state index contributed by atoms with van der Waals surface area (Å²) >= 11 is 0. The van der Waals surface area contributed by atoms with Gasteiger partial charge in [-0.1, -0.05) is 36.4 Å². The van der Waals surface area contributed by atoms with E-state index in [2.05, 4.69) is 15.1 Å². The van der Waals surface area contributed by atoms with E-state index >= 15 is 0 Å². The van der Waals surface area contributed by atoms with Crippen LogP contribution in [-0.4, -0.2) is 32.0 Å². The van der Waals surface area contributed by atoms with Crippen LogP contribution in [0.5, 0.6) is 0 Å². The number of sulfonamides is 1. The summed E-state index contributed by atoms with van der Waals surface area (Å²) in [5.74, 6) is -1.09. The van der Waals surface area contributed by atoms with Crippen molar-refractivity contribution in [1.82, 2.24) is 0 Å². The molecule has 3 aromatic rings. The monoisotopic (exact) mass is 491 g/mol. The molecule has 180 valence electrons. The van der Waals surface area contributed by atoms with Gasteiger partial charge in [-0.25, -0.2) is 8.42 Å². The first-order valence-electron chi connectivity index (χ1n) is 10.9. The second kappa shape index (κ2) is 9.59. The first kappa shape index (κ1) is 24.0. The lowest BCUT2D eigenvalue weighted by Crippen LogP contribution is -2.39. The molecule has 10 heteroatoms. The highest BCUT2D eigenvalue weighted by Gasteiger charge is 2.35. The maximum Gasteiger partial charge on any atom is 0.271 e. The average molecular weight is 492 g/mol. The van der Waals surface area contributed by atoms with Crippen molar-refractivity contribution in [3.63, 3.8) is 0 Å². The van der Waals surface area contributed by atoms with E-state index in [1.807, 2.05) is 38.1 Å². The Morgan fingerprint density at radius 1 is 0.943 bits per heavy atom. The van der Waals surface area contributed by atoms with Crippen LogP contribution in [-0.2, 0) is 19.6 Å². The van der Waals surface area contributed by atoms with Crippen LogP contribution in [0.25, 0.3) is 0 Å². The highest BCUT2D eigenvalue weighted by molar-refractivity contribution is 7.92. The summed E-state index contributed by atoms with van der Waals surface area (Å²) in [6.07, 6.45) is 0.0578. The number of nitrogens with one attached hydrogen (secondary N) is 2. The van der Waals surface area contributed by atoms with Gasteiger partial charge in [0.05, 0.1) is 16.3 Å². The molecule has 4 rings (SSSR count). The molecule has 0 aromatic heterocycles. The number of rotatable bonds is 7. The number of para-hydroxylation sites is 2. The number of amides is 2. The van der Waals surface area contributed by atoms with Crippen LogP contribution in [0.2, 0.25) is 0 Å². The van der Waals surface area contributed by atoms with Crippen LogP contribution in [0, 0.1) is 13.8 Å². The Balaban J connectivity index is 1.49. The SMILES string of the molecule is Cc1cccc(C)c1NS(=O)(=O)c1ccc(NC(=O)C2=NN(c3ccccc3)C(C(N)=O)C2)cc1. The molecule has 0 spiro atoms. The minimum Gasteiger partial charge on any atom is -0.368 e. The summed E-state index contributed by atoms with van der Waals surface area (Å²) < 4.78 is 28.3. The van der Waals surface area contributed by atoms with E-state index < -0.39 is 27.9 Å². The lowest BCUT2D eigenvalue weighted by Gasteiger charge is -2.20. The third-order valence-electron chi connectivity index (χ3n) is 5.66. The zero-order valence-electron chi connectivity index (χ0n) is 19.2. The number of hydrogen-bond donors (Lipinski definition) is 3. The number of benzene rings is 3. The molecule has 4 N–H and O–H groups in total. The van der Waals surface area contributed by atoms with Crippen LogP contribution in [0.1, 0.15) is 17.5 Å². The third kappa shape index (κ3) is 5.17. The van der Waals surface area contributed by atoms with E-state index in [1.165, 1.54) is 29.3 Å². The molecule has 9 nitrogen and oxygen atoms in total. The fourth-order valence-corrected chi connectivity index (χ4v) is 4.98. The van der Waals surface area contributed by atoms with Crippen molar-refractivity contribution in [3.8, 4) is 0 Å². The molecular weight excluding hydrogens is 466 g/mol. The number of aryl methyl sites for hydroxylation is 2. The van der Waals surface area contributed by atoms with E-state index in [4.69, 9.17) is 5.73 Å². The summed E-state index contributed by atoms with van der Waals surface area (Å²) in [4.78, 5) is 24.8. The summed E-state index contributed by atoms with van der Waals surface area (Å²) in [6, 6.07) is 19.5. The van der Waals surface area contributed by atoms with Crippen LogP contribution in [0.15, 0.2) is 82.8 Å². The Hall–Kier alpha value is -4.18. The van der Waals surface area contributed by atoms with Crippen molar-refractivity contribution >= 4 is 44.6 Å². The van der Waals surface area contributed by atoms with Crippen LogP contribution < -0.4 is 20.8 Å². The smallest absolute Gasteiger partial charge is 0.271 e. The second-order valence-corrected chi connectivity index (χ2v) is 9.88. The third-order valence-corrected chi connectivity index (χ3v) is 7.03. The summed E-state index contributed by atoms with van der Waals surface area (Å²) in [5.41, 5.74) is 8.86. The van der Waals surface area contributed by atoms with E-state index in [0.29, 0.717) is 17.1 Å². The second-order valence-electron chi connectivity index (χ2n) is 8.20. The number of hydrazone groups is 1. The van der Waals surface area contributed by atoms with Crippen molar-refractivity contribution in [2.24, 2.45) is 10.8 Å². The minimum absolute atomic E-state index is 0.0559. The number of hydrogen-bond acceptors (Lipinski definition) is 6. The quantitative estimate of drug-likeness (QED) is 0.467. The predicted octanol–water partition coefficient (Wildman–Crippen LogP) is 3.16. The Morgan fingerprint density at radius 2 is 1.57 bits per heavy atom. The van der Waals surface area contributed by atoms with Gasteiger partial charge in [-0.2, -0.15) is 5.10 Å². The molecule has 1 aliphatic rings. The van der Waals surface area contributed by atoms with Gasteiger partial charge in [0.2, 0.25) is 5.91 Å². The van der Waals surface area contributed by atoms with Crippen molar-refractivity contribution in [3.05, 3.63) is 83.9 Å². The highest BCUT2D eigenvalue weighted by atomic mass is 32.2. The molecule has 35 heavy (non-hydrogen) atoms. The highest BCUT2D eigenvalue weighted by Crippen LogP contribution is 2.26. The summed E-state index contributed by atoms with van der Waals surface area (Å²) in [7, 11) is -3.82. The largest absolute Gasteiger partial charge is 0.368 e. The Morgan fingerprint density at radius 3 is 2.17 bits per heavy atom. The molecule has 0 radical (unpaired) electrons. The molecule has 1 aliphatic heterocycles. The van der Waals surface area contributed by atoms with Gasteiger partial charge in [-0.15, -0.1) is 0 Å². The molecule has 3 aromatic carbocycles. The number of anilines is 3. The molecule has 1 heterocycles. The van der Waals surface area contributed by atoms with Crippen molar-refractivity contribution in [2.45, 2.75) is 31.2 Å². The Labute approximate surface area is 203 Å². The number of primary amides is 1. The van der Waals surface area contributed by atoms with E-state index in [1.54, 1.807) is 24.3 Å². The van der Waals surface area contributed by atoms with E-state index in [-0.39, 0.29) is 17.0 Å². The molecule has 0 bridgehead atoms. The molecule has 0 aliphatic carbocycles. The van der Waals surface area contributed by atoms with Gasteiger partial charge in [0.15, 0.2) is 0 Å². The topological polar surface area (TPSA) is 134 Å². The molecule has 0 saturated heterocycles. The summed E-state index contributed by atoms with van der Waals surface area (Å²) in [5, 5.41) is 8.44. The molecule has 2 amide bonds. The Bertz CT molecular complexity index is 1380. The van der Waals surface area contributed by atoms with Gasteiger partial charge >= 0.3 is 0 Å². The Kier molecular flexibility index (Phi) is 6.57. The fraction of sp³-hybridized carbons (Fsp3) is 0.160. The zero-order chi connectivity index (χ0) is 25.2. The number of nitrogens with two attached hydrogens (primary N) is 1. The van der Waals surface area contributed by atoms with Gasteiger partial charge in [-0.05, 0) is 61.4 Å². The maximum atomic E-state index is 12.9. The number of carbonyl (C=O) groups excluding carboxylic acids is 2. The van der Waals surface area contributed by atoms with E-state index in [9.17, 15) is 18.0 Å². The number of carbonyl (C=O) groups is 2. The fourth-order valence-electron chi connectivity index (χ4n) is 3.78. The first-order valence-corrected chi connectivity index (χ1v) is 12.4. The molecule has 0 fully saturated rings. The zero-order valence-corrected chi connectivity index (χ0v) is 20.0. The molecule has 1 atom stereocenters. The van der Waals surface area contributed by atoms with Crippen LogP contribution in [0.3, 0.4) is 0 Å². The van der Waals surface area contributed by atoms with Gasteiger partial charge < -0.3 is 11.1 Å². The maximum absolute atomic E-state index is 12.9. The van der Waals surface area contributed by atoms with Crippen LogP contribution in [0.4, 0.5) is 17.1 Å². The lowest BCUT2D eigenvalue weighted by atomic mass is 10.1. The van der Waals surface area contributed by atoms with Crippen LogP contribution >= 0.6 is 0 Å².